The van der Waals surface area contributed by atoms with Crippen LogP contribution >= 0.6 is 35.4 Å². The number of piperazine rings is 1. The summed E-state index contributed by atoms with van der Waals surface area (Å²) >= 11 is 17.8. The van der Waals surface area contributed by atoms with E-state index in [-0.39, 0.29) is 0 Å². The second-order valence-corrected chi connectivity index (χ2v) is 6.60. The minimum absolute atomic E-state index is 0.696. The third-order valence-corrected chi connectivity index (χ3v) is 4.75. The molecule has 1 N–H and O–H groups in total. The standard InChI is InChI=1S/C17H17Cl2N3S/c18-13-4-3-5-14(12-13)20-17(23)22-10-8-21(9-11-22)16-7-2-1-6-15(16)19/h1-7,12H,8-11H2,(H,20,23). The largest absolute Gasteiger partial charge is 0.367 e. The summed E-state index contributed by atoms with van der Waals surface area (Å²) in [6.45, 7) is 3.50. The minimum Gasteiger partial charge on any atom is -0.367 e. The van der Waals surface area contributed by atoms with Gasteiger partial charge < -0.3 is 15.1 Å². The molecule has 0 bridgehead atoms. The molecule has 3 nitrogen and oxygen atoms in total. The number of nitrogens with zero attached hydrogens (tertiary/aromatic N) is 2. The van der Waals surface area contributed by atoms with Crippen LogP contribution in [-0.2, 0) is 0 Å². The first kappa shape index (κ1) is 16.4. The van der Waals surface area contributed by atoms with Gasteiger partial charge in [-0.2, -0.15) is 0 Å². The Balaban J connectivity index is 1.58. The molecule has 0 atom stereocenters. The van der Waals surface area contributed by atoms with E-state index in [2.05, 4.69) is 21.2 Å². The van der Waals surface area contributed by atoms with Gasteiger partial charge in [0, 0.05) is 36.9 Å². The molecule has 1 fully saturated rings. The van der Waals surface area contributed by atoms with Crippen molar-refractivity contribution in [1.29, 1.82) is 0 Å². The molecule has 0 saturated carbocycles. The van der Waals surface area contributed by atoms with Crippen molar-refractivity contribution >= 4 is 51.9 Å². The van der Waals surface area contributed by atoms with Gasteiger partial charge in [-0.1, -0.05) is 41.4 Å². The van der Waals surface area contributed by atoms with E-state index in [1.54, 1.807) is 0 Å². The topological polar surface area (TPSA) is 18.5 Å². The lowest BCUT2D eigenvalue weighted by molar-refractivity contribution is 0.391. The van der Waals surface area contributed by atoms with Crippen LogP contribution in [0.15, 0.2) is 48.5 Å². The van der Waals surface area contributed by atoms with Gasteiger partial charge in [-0.25, -0.2) is 0 Å². The molecule has 1 aliphatic heterocycles. The Morgan fingerprint density at radius 3 is 2.39 bits per heavy atom. The summed E-state index contributed by atoms with van der Waals surface area (Å²) in [7, 11) is 0. The highest BCUT2D eigenvalue weighted by atomic mass is 35.5. The lowest BCUT2D eigenvalue weighted by Crippen LogP contribution is -2.50. The van der Waals surface area contributed by atoms with Crippen molar-refractivity contribution in [1.82, 2.24) is 4.90 Å². The van der Waals surface area contributed by atoms with Crippen molar-refractivity contribution in [2.45, 2.75) is 0 Å². The second-order valence-electron chi connectivity index (χ2n) is 5.37. The molecule has 1 heterocycles. The van der Waals surface area contributed by atoms with E-state index in [0.717, 1.165) is 47.7 Å². The Kier molecular flexibility index (Phi) is 5.26. The van der Waals surface area contributed by atoms with Crippen LogP contribution in [0.4, 0.5) is 11.4 Å². The summed E-state index contributed by atoms with van der Waals surface area (Å²) in [6, 6.07) is 15.5. The van der Waals surface area contributed by atoms with E-state index >= 15 is 0 Å². The predicted octanol–water partition coefficient (Wildman–Crippen LogP) is 4.51. The zero-order valence-corrected chi connectivity index (χ0v) is 14.8. The molecule has 2 aromatic carbocycles. The van der Waals surface area contributed by atoms with Crippen LogP contribution in [0.2, 0.25) is 10.0 Å². The van der Waals surface area contributed by atoms with Crippen LogP contribution in [0.3, 0.4) is 0 Å². The molecule has 0 amide bonds. The van der Waals surface area contributed by atoms with Crippen molar-refractivity contribution in [3.05, 3.63) is 58.6 Å². The Bertz CT molecular complexity index is 700. The first-order valence-electron chi connectivity index (χ1n) is 7.44. The lowest BCUT2D eigenvalue weighted by Gasteiger charge is -2.37. The third kappa shape index (κ3) is 4.08. The van der Waals surface area contributed by atoms with E-state index < -0.39 is 0 Å². The highest BCUT2D eigenvalue weighted by molar-refractivity contribution is 7.80. The van der Waals surface area contributed by atoms with Gasteiger partial charge in [0.2, 0.25) is 0 Å². The Morgan fingerprint density at radius 2 is 1.70 bits per heavy atom. The number of benzene rings is 2. The van der Waals surface area contributed by atoms with Crippen LogP contribution < -0.4 is 10.2 Å². The van der Waals surface area contributed by atoms with Crippen LogP contribution in [0.5, 0.6) is 0 Å². The maximum atomic E-state index is 6.27. The number of hydrogen-bond acceptors (Lipinski definition) is 2. The normalized spacial score (nSPS) is 14.7. The Labute approximate surface area is 151 Å². The molecule has 3 rings (SSSR count). The van der Waals surface area contributed by atoms with Crippen molar-refractivity contribution in [3.63, 3.8) is 0 Å². The van der Waals surface area contributed by atoms with Gasteiger partial charge in [0.15, 0.2) is 5.11 Å². The Hall–Kier alpha value is -1.49. The summed E-state index contributed by atoms with van der Waals surface area (Å²) < 4.78 is 0. The number of rotatable bonds is 2. The quantitative estimate of drug-likeness (QED) is 0.788. The number of halogens is 2. The first-order chi connectivity index (χ1) is 11.1. The molecule has 6 heteroatoms. The molecule has 1 aliphatic rings. The van der Waals surface area contributed by atoms with Gasteiger partial charge in [-0.3, -0.25) is 0 Å². The maximum Gasteiger partial charge on any atom is 0.173 e. The van der Waals surface area contributed by atoms with Crippen molar-refractivity contribution < 1.29 is 0 Å². The highest BCUT2D eigenvalue weighted by Crippen LogP contribution is 2.26. The first-order valence-corrected chi connectivity index (χ1v) is 8.61. The fraction of sp³-hybridized carbons (Fsp3) is 0.235. The fourth-order valence-corrected chi connectivity index (χ4v) is 3.37. The average molecular weight is 366 g/mol. The average Bonchev–Trinajstić information content (AvgIpc) is 2.55. The van der Waals surface area contributed by atoms with Crippen molar-refractivity contribution in [2.24, 2.45) is 0 Å². The molecule has 0 aromatic heterocycles. The summed E-state index contributed by atoms with van der Waals surface area (Å²) in [5.74, 6) is 0. The van der Waals surface area contributed by atoms with Gasteiger partial charge in [0.25, 0.3) is 0 Å². The monoisotopic (exact) mass is 365 g/mol. The number of anilines is 2. The molecule has 1 saturated heterocycles. The number of thiocarbonyl (C=S) groups is 1. The fourth-order valence-electron chi connectivity index (χ4n) is 2.63. The zero-order chi connectivity index (χ0) is 16.2. The third-order valence-electron chi connectivity index (χ3n) is 3.84. The molecule has 0 unspecified atom stereocenters. The van der Waals surface area contributed by atoms with Gasteiger partial charge in [-0.05, 0) is 42.5 Å². The summed E-state index contributed by atoms with van der Waals surface area (Å²) in [4.78, 5) is 4.46. The van der Waals surface area contributed by atoms with E-state index in [1.807, 2.05) is 42.5 Å². The van der Waals surface area contributed by atoms with E-state index in [9.17, 15) is 0 Å². The van der Waals surface area contributed by atoms with Crippen molar-refractivity contribution in [2.75, 3.05) is 36.4 Å². The van der Waals surface area contributed by atoms with Crippen LogP contribution in [0.1, 0.15) is 0 Å². The SMILES string of the molecule is S=C(Nc1cccc(Cl)c1)N1CCN(c2ccccc2Cl)CC1. The van der Waals surface area contributed by atoms with Gasteiger partial charge in [-0.15, -0.1) is 0 Å². The van der Waals surface area contributed by atoms with Crippen molar-refractivity contribution in [3.8, 4) is 0 Å². The molecule has 2 aromatic rings. The predicted molar refractivity (Wildman–Crippen MR) is 103 cm³/mol. The second kappa shape index (κ2) is 7.39. The van der Waals surface area contributed by atoms with Crippen LogP contribution in [-0.4, -0.2) is 36.2 Å². The molecule has 0 spiro atoms. The van der Waals surface area contributed by atoms with Gasteiger partial charge in [0.05, 0.1) is 10.7 Å². The summed E-state index contributed by atoms with van der Waals surface area (Å²) in [5.41, 5.74) is 2.00. The number of nitrogens with one attached hydrogen (secondary N) is 1. The van der Waals surface area contributed by atoms with Gasteiger partial charge >= 0.3 is 0 Å². The molecule has 23 heavy (non-hydrogen) atoms. The zero-order valence-electron chi connectivity index (χ0n) is 12.5. The minimum atomic E-state index is 0.696. The summed E-state index contributed by atoms with van der Waals surface area (Å²) in [6.07, 6.45) is 0. The number of hydrogen-bond donors (Lipinski definition) is 1. The molecule has 0 aliphatic carbocycles. The molecule has 120 valence electrons. The van der Waals surface area contributed by atoms with Gasteiger partial charge in [0.1, 0.15) is 0 Å². The molecular weight excluding hydrogens is 349 g/mol. The summed E-state index contributed by atoms with van der Waals surface area (Å²) in [5, 5.41) is 5.46. The Morgan fingerprint density at radius 1 is 0.957 bits per heavy atom. The van der Waals surface area contributed by atoms with E-state index in [0.29, 0.717) is 5.02 Å². The van der Waals surface area contributed by atoms with Crippen LogP contribution in [0, 0.1) is 0 Å². The van der Waals surface area contributed by atoms with E-state index in [1.165, 1.54) is 0 Å². The smallest absolute Gasteiger partial charge is 0.173 e. The van der Waals surface area contributed by atoms with E-state index in [4.69, 9.17) is 35.4 Å². The van der Waals surface area contributed by atoms with Crippen LogP contribution in [0.25, 0.3) is 0 Å². The molecule has 0 radical (unpaired) electrons. The maximum absolute atomic E-state index is 6.27. The lowest BCUT2D eigenvalue weighted by atomic mass is 10.2. The number of para-hydroxylation sites is 1. The molecular formula is C17H17Cl2N3S. The highest BCUT2D eigenvalue weighted by Gasteiger charge is 2.20.